The third kappa shape index (κ3) is 21.0. The van der Waals surface area contributed by atoms with E-state index in [2.05, 4.69) is 26.3 Å². The average Bonchev–Trinajstić information content (AvgIpc) is 1.67. The molecule has 26 heteroatoms. The predicted octanol–water partition coefficient (Wildman–Crippen LogP) is 7.54. The van der Waals surface area contributed by atoms with Crippen molar-refractivity contribution in [1.82, 2.24) is 36.1 Å². The fourth-order valence-electron chi connectivity index (χ4n) is 11.5. The van der Waals surface area contributed by atoms with E-state index in [0.717, 1.165) is 46.0 Å². The minimum absolute atomic E-state index is 0.00397. The van der Waals surface area contributed by atoms with Crippen molar-refractivity contribution in [2.24, 2.45) is 5.73 Å². The Hall–Kier alpha value is -8.91. The summed E-state index contributed by atoms with van der Waals surface area (Å²) in [6.07, 6.45) is 0.605. The fourth-order valence-corrected chi connectivity index (χ4v) is 12.0. The Morgan fingerprint density at radius 1 is 0.660 bits per heavy atom. The van der Waals surface area contributed by atoms with Crippen LogP contribution in [0.15, 0.2) is 164 Å². The fraction of sp³-hybridized carbons (Fsp3) is 0.380. The second kappa shape index (κ2) is 35.9. The van der Waals surface area contributed by atoms with Crippen molar-refractivity contribution in [1.29, 1.82) is 0 Å². The molecule has 516 valence electrons. The minimum Gasteiger partial charge on any atom is -0.485 e. The van der Waals surface area contributed by atoms with Crippen LogP contribution in [-0.2, 0) is 72.9 Å². The number of H-pyrrole nitrogens is 1. The van der Waals surface area contributed by atoms with Gasteiger partial charge in [-0.25, -0.2) is 0 Å². The van der Waals surface area contributed by atoms with Crippen molar-refractivity contribution in [3.63, 3.8) is 0 Å². The molecule has 4 atom stereocenters. The Morgan fingerprint density at radius 2 is 1.25 bits per heavy atom. The second-order valence-corrected chi connectivity index (χ2v) is 25.3. The van der Waals surface area contributed by atoms with Gasteiger partial charge in [-0.1, -0.05) is 133 Å². The Labute approximate surface area is 561 Å². The summed E-state index contributed by atoms with van der Waals surface area (Å²) in [5.41, 5.74) is 4.62. The van der Waals surface area contributed by atoms with Crippen LogP contribution in [0.1, 0.15) is 94.9 Å². The van der Waals surface area contributed by atoms with Gasteiger partial charge in [0.2, 0.25) is 29.5 Å². The molecule has 0 saturated carbocycles. The predicted molar refractivity (Wildman–Crippen MR) is 356 cm³/mol. The zero-order valence-electron chi connectivity index (χ0n) is 53.7. The Bertz CT molecular complexity index is 3720. The van der Waals surface area contributed by atoms with Gasteiger partial charge in [-0.2, -0.15) is 8.78 Å². The van der Waals surface area contributed by atoms with Crippen LogP contribution >= 0.6 is 7.60 Å². The molecule has 0 radical (unpaired) electrons. The van der Waals surface area contributed by atoms with Gasteiger partial charge in [0.25, 0.3) is 5.91 Å². The number of amides is 6. The van der Waals surface area contributed by atoms with E-state index in [1.165, 1.54) is 15.9 Å². The first-order valence-corrected chi connectivity index (χ1v) is 34.0. The van der Waals surface area contributed by atoms with E-state index < -0.39 is 78.6 Å². The third-order valence-corrected chi connectivity index (χ3v) is 17.6. The monoisotopic (exact) mass is 1360 g/mol. The van der Waals surface area contributed by atoms with Crippen LogP contribution in [-0.4, -0.2) is 157 Å². The number of fused-ring (bicyclic) bond motifs is 2. The smallest absolute Gasteiger partial charge is 0.399 e. The molecule has 2 aliphatic rings. The maximum absolute atomic E-state index is 15.0. The number of hydrogen-bond acceptors (Lipinski definition) is 14. The molecule has 97 heavy (non-hydrogen) atoms. The summed E-state index contributed by atoms with van der Waals surface area (Å²) in [5.74, 6) is -2.64. The summed E-state index contributed by atoms with van der Waals surface area (Å²) in [5, 5.41) is 11.9. The van der Waals surface area contributed by atoms with Gasteiger partial charge in [-0.3, -0.25) is 33.3 Å². The zero-order chi connectivity index (χ0) is 68.6. The van der Waals surface area contributed by atoms with Crippen molar-refractivity contribution >= 4 is 53.9 Å². The minimum atomic E-state index is -5.93. The van der Waals surface area contributed by atoms with Crippen molar-refractivity contribution in [2.45, 2.75) is 101 Å². The number of alkyl halides is 2. The van der Waals surface area contributed by atoms with Crippen LogP contribution in [0.25, 0.3) is 10.9 Å². The Balaban J connectivity index is 0.726. The highest BCUT2D eigenvalue weighted by Crippen LogP contribution is 2.59. The van der Waals surface area contributed by atoms with E-state index in [0.29, 0.717) is 83.7 Å². The summed E-state index contributed by atoms with van der Waals surface area (Å²) >= 11 is 0. The van der Waals surface area contributed by atoms with Crippen molar-refractivity contribution in [3.8, 4) is 11.5 Å². The highest BCUT2D eigenvalue weighted by molar-refractivity contribution is 7.52. The molecule has 2 saturated heterocycles. The number of halogens is 2. The van der Waals surface area contributed by atoms with Gasteiger partial charge in [0.1, 0.15) is 37.0 Å². The molecule has 2 fully saturated rings. The lowest BCUT2D eigenvalue weighted by molar-refractivity contribution is -0.145. The molecule has 6 amide bonds. The molecule has 2 aliphatic heterocycles. The van der Waals surface area contributed by atoms with Crippen LogP contribution in [0.5, 0.6) is 11.5 Å². The quantitative estimate of drug-likeness (QED) is 0.0138. The molecule has 0 bridgehead atoms. The molecule has 0 unspecified atom stereocenters. The lowest BCUT2D eigenvalue weighted by Gasteiger charge is -2.39. The molecule has 9 rings (SSSR count). The lowest BCUT2D eigenvalue weighted by atomic mass is 9.98. The van der Waals surface area contributed by atoms with Gasteiger partial charge in [0, 0.05) is 68.1 Å². The molecule has 23 nitrogen and oxygen atoms in total. The van der Waals surface area contributed by atoms with E-state index in [9.17, 15) is 47.1 Å². The zero-order valence-corrected chi connectivity index (χ0v) is 54.6. The van der Waals surface area contributed by atoms with Crippen molar-refractivity contribution < 1.29 is 80.3 Å². The standard InChI is InChI=1S/C71H83F2N8O15P/c72-71(73,97(88,89)90)55-24-26-57-54(43-55)44-59(76-57)68(85)78-60-46-80(33-31-56-25-28-61(81(56)70(60)87)69(86)77-58(27-30-64(74)82)67(84)79-66(52-18-9-3-10-19-52)53-20-11-4-12-21-53)65(83)22-13-34-91-36-38-93-40-41-94-39-37-92-35-32-75-45-51-23-29-62(95-47-49-14-5-1-6-15-49)63(42-51)96-48-50-16-7-2-8-17-50/h1-12,14-21,23-24,26,29,42-44,56,58,60-61,66,75-76H,13,22,25,27-28,30-41,45-48H2,(H2,74,82)(H,77,86)(H,78,85)(H,79,84)(H2,88,89,90)/t56-,58+,60+,61+/m1/s1. The molecule has 9 N–H and O–H groups in total. The number of ether oxygens (including phenoxy) is 6. The van der Waals surface area contributed by atoms with Crippen LogP contribution in [0, 0.1) is 0 Å². The van der Waals surface area contributed by atoms with Crippen LogP contribution in [0.2, 0.25) is 0 Å². The van der Waals surface area contributed by atoms with Crippen LogP contribution in [0.3, 0.4) is 0 Å². The first-order chi connectivity index (χ1) is 46.9. The number of aromatic nitrogens is 1. The summed E-state index contributed by atoms with van der Waals surface area (Å²) < 4.78 is 76.5. The van der Waals surface area contributed by atoms with Gasteiger partial charge >= 0.3 is 13.3 Å². The number of aromatic amines is 1. The van der Waals surface area contributed by atoms with E-state index in [-0.39, 0.29) is 87.5 Å². The maximum Gasteiger partial charge on any atom is 0.399 e. The lowest BCUT2D eigenvalue weighted by Crippen LogP contribution is -2.62. The Morgan fingerprint density at radius 3 is 1.86 bits per heavy atom. The number of hydrogen-bond donors (Lipinski definition) is 8. The van der Waals surface area contributed by atoms with Gasteiger partial charge in [-0.15, -0.1) is 0 Å². The molecule has 1 aromatic heterocycles. The molecule has 0 aliphatic carbocycles. The largest absolute Gasteiger partial charge is 0.485 e. The number of rotatable bonds is 37. The van der Waals surface area contributed by atoms with Crippen LogP contribution < -0.4 is 36.5 Å². The number of benzene rings is 6. The SMILES string of the molecule is NC(=O)CC[C@H](NC(=O)[C@@H]1CC[C@@H]2CCN(C(=O)CCCOCCOCCOCCOCCNCc3ccc(OCc4ccccc4)c(OCc4ccccc4)c3)C[C@H](NC(=O)c3cc4cc(C(F)(F)P(=O)(O)O)ccc4[nH]3)C(=O)N21)C(=O)NC(c1ccccc1)c1ccccc1. The van der Waals surface area contributed by atoms with Crippen LogP contribution in [0.4, 0.5) is 8.78 Å². The molecule has 7 aromatic rings. The van der Waals surface area contributed by atoms with Gasteiger partial charge in [0.05, 0.1) is 52.3 Å². The average molecular weight is 1360 g/mol. The first-order valence-electron chi connectivity index (χ1n) is 32.4. The normalized spacial score (nSPS) is 16.1. The third-order valence-electron chi connectivity index (χ3n) is 16.6. The molecule has 6 aromatic carbocycles. The highest BCUT2D eigenvalue weighted by atomic mass is 31.2. The molecule has 0 spiro atoms. The van der Waals surface area contributed by atoms with Crippen molar-refractivity contribution in [3.05, 3.63) is 203 Å². The maximum atomic E-state index is 15.0. The number of primary amides is 1. The number of nitrogens with zero attached hydrogens (tertiary/aromatic N) is 2. The van der Waals surface area contributed by atoms with E-state index in [4.69, 9.17) is 34.2 Å². The number of nitrogens with one attached hydrogen (secondary N) is 5. The molecular weight excluding hydrogens is 1270 g/mol. The molecular formula is C71H83F2N8O15P. The summed E-state index contributed by atoms with van der Waals surface area (Å²) in [6, 6.07) is 43.0. The number of carbonyl (C=O) groups is 6. The highest BCUT2D eigenvalue weighted by Gasteiger charge is 2.51. The van der Waals surface area contributed by atoms with Gasteiger partial charge < -0.3 is 80.0 Å². The van der Waals surface area contributed by atoms with E-state index in [1.807, 2.05) is 140 Å². The summed E-state index contributed by atoms with van der Waals surface area (Å²) in [4.78, 5) is 109. The van der Waals surface area contributed by atoms with E-state index >= 15 is 4.79 Å². The Kier molecular flexibility index (Phi) is 26.8. The second-order valence-electron chi connectivity index (χ2n) is 23.6. The summed E-state index contributed by atoms with van der Waals surface area (Å²) in [7, 11) is -5.93. The topological polar surface area (TPSA) is 312 Å². The summed E-state index contributed by atoms with van der Waals surface area (Å²) in [6.45, 7) is 4.51. The molecule has 3 heterocycles. The first kappa shape index (κ1) is 72.4. The van der Waals surface area contributed by atoms with E-state index in [1.54, 1.807) is 0 Å². The van der Waals surface area contributed by atoms with Gasteiger partial charge in [0.15, 0.2) is 11.5 Å². The number of carbonyl (C=O) groups excluding carboxylic acids is 6. The number of nitrogens with two attached hydrogens (primary N) is 1. The van der Waals surface area contributed by atoms with Crippen molar-refractivity contribution in [2.75, 3.05) is 72.5 Å². The van der Waals surface area contributed by atoms with Gasteiger partial charge in [-0.05, 0) is 90.3 Å².